The standard InChI is InChI=1S/C25H25FN4O3S2/c1-28-14-17-12-15(2-8-21(17)27)20-13-16-3-9-22(32-11-10-26)29-23(16)30(24(20)31)18-4-6-19(7-5-18)33-25(34)35/h2-9,12-14,22,25,29,34-35H,10-11,27H2,1H3. The van der Waals surface area contributed by atoms with Gasteiger partial charge in [0.1, 0.15) is 24.5 Å². The van der Waals surface area contributed by atoms with E-state index in [4.69, 9.17) is 15.2 Å². The zero-order chi connectivity index (χ0) is 24.9. The topological polar surface area (TPSA) is 90.9 Å². The van der Waals surface area contributed by atoms with E-state index in [1.807, 2.05) is 18.2 Å². The van der Waals surface area contributed by atoms with Crippen molar-refractivity contribution in [1.82, 2.24) is 4.57 Å². The van der Waals surface area contributed by atoms with Crippen LogP contribution in [0.4, 0.5) is 15.9 Å². The third kappa shape index (κ3) is 5.55. The molecule has 0 amide bonds. The molecule has 1 aromatic heterocycles. The second-order valence-corrected chi connectivity index (χ2v) is 9.00. The molecule has 1 aliphatic rings. The molecule has 2 aromatic carbocycles. The maximum atomic E-state index is 13.9. The predicted molar refractivity (Wildman–Crippen MR) is 146 cm³/mol. The zero-order valence-corrected chi connectivity index (χ0v) is 20.7. The number of anilines is 2. The van der Waals surface area contributed by atoms with E-state index in [-0.39, 0.29) is 12.2 Å². The highest BCUT2D eigenvalue weighted by molar-refractivity contribution is 7.98. The first-order valence-corrected chi connectivity index (χ1v) is 11.8. The predicted octanol–water partition coefficient (Wildman–Crippen LogP) is 4.41. The van der Waals surface area contributed by atoms with Crippen molar-refractivity contribution in [2.45, 2.75) is 11.0 Å². The van der Waals surface area contributed by atoms with Crippen LogP contribution in [0, 0.1) is 0 Å². The lowest BCUT2D eigenvalue weighted by Gasteiger charge is -2.26. The van der Waals surface area contributed by atoms with Crippen LogP contribution in [-0.2, 0) is 4.74 Å². The number of aliphatic imine (C=N–C) groups is 1. The van der Waals surface area contributed by atoms with Crippen LogP contribution in [0.5, 0.6) is 5.75 Å². The fraction of sp³-hybridized carbons (Fsp3) is 0.200. The summed E-state index contributed by atoms with van der Waals surface area (Å²) in [6.07, 6.45) is 4.71. The van der Waals surface area contributed by atoms with E-state index in [2.05, 4.69) is 35.6 Å². The van der Waals surface area contributed by atoms with E-state index >= 15 is 0 Å². The van der Waals surface area contributed by atoms with Gasteiger partial charge in [-0.05, 0) is 54.1 Å². The number of nitrogens with one attached hydrogen (secondary N) is 1. The smallest absolute Gasteiger partial charge is 0.264 e. The van der Waals surface area contributed by atoms with Crippen molar-refractivity contribution >= 4 is 49.1 Å². The van der Waals surface area contributed by atoms with Gasteiger partial charge < -0.3 is 20.5 Å². The summed E-state index contributed by atoms with van der Waals surface area (Å²) < 4.78 is 24.6. The van der Waals surface area contributed by atoms with E-state index in [9.17, 15) is 9.18 Å². The number of fused-ring (bicyclic) bond motifs is 1. The van der Waals surface area contributed by atoms with Gasteiger partial charge in [-0.1, -0.05) is 12.1 Å². The van der Waals surface area contributed by atoms with Gasteiger partial charge in [0, 0.05) is 35.6 Å². The van der Waals surface area contributed by atoms with Gasteiger partial charge in [-0.15, -0.1) is 25.3 Å². The van der Waals surface area contributed by atoms with Gasteiger partial charge in [0.25, 0.3) is 5.56 Å². The summed E-state index contributed by atoms with van der Waals surface area (Å²) in [5.74, 6) is 1.09. The number of pyridine rings is 1. The Balaban J connectivity index is 1.87. The molecule has 35 heavy (non-hydrogen) atoms. The third-order valence-corrected chi connectivity index (χ3v) is 5.55. The molecule has 7 nitrogen and oxygen atoms in total. The molecule has 2 heterocycles. The van der Waals surface area contributed by atoms with Gasteiger partial charge in [-0.25, -0.2) is 4.39 Å². The third-order valence-electron chi connectivity index (χ3n) is 5.34. The molecule has 0 radical (unpaired) electrons. The number of ether oxygens (including phenoxy) is 2. The molecular weight excluding hydrogens is 487 g/mol. The molecule has 10 heteroatoms. The molecule has 0 fully saturated rings. The van der Waals surface area contributed by atoms with Crippen LogP contribution in [0.25, 0.3) is 22.9 Å². The van der Waals surface area contributed by atoms with Crippen molar-refractivity contribution < 1.29 is 13.9 Å². The normalized spacial score (nSPS) is 14.8. The van der Waals surface area contributed by atoms with Crippen molar-refractivity contribution in [3.63, 3.8) is 0 Å². The summed E-state index contributed by atoms with van der Waals surface area (Å²) >= 11 is 8.24. The van der Waals surface area contributed by atoms with Gasteiger partial charge in [0.2, 0.25) is 0 Å². The molecule has 1 unspecified atom stereocenters. The molecule has 1 aliphatic heterocycles. The second kappa shape index (κ2) is 11.0. The molecule has 3 N–H and O–H groups in total. The van der Waals surface area contributed by atoms with Crippen LogP contribution >= 0.6 is 25.3 Å². The van der Waals surface area contributed by atoms with Crippen LogP contribution in [0.2, 0.25) is 0 Å². The Labute approximate surface area is 213 Å². The minimum absolute atomic E-state index is 0.0620. The minimum atomic E-state index is -0.607. The Morgan fingerprint density at radius 1 is 1.23 bits per heavy atom. The lowest BCUT2D eigenvalue weighted by molar-refractivity contribution is 0.0900. The number of hydrogen-bond donors (Lipinski definition) is 4. The summed E-state index contributed by atoms with van der Waals surface area (Å²) in [4.78, 5) is 17.9. The first kappa shape index (κ1) is 24.9. The molecule has 0 spiro atoms. The van der Waals surface area contributed by atoms with Crippen LogP contribution < -0.4 is 21.3 Å². The Hall–Kier alpha value is -3.21. The van der Waals surface area contributed by atoms with E-state index in [0.29, 0.717) is 34.1 Å². The number of rotatable bonds is 8. The maximum absolute atomic E-state index is 13.9. The molecule has 0 saturated heterocycles. The summed E-state index contributed by atoms with van der Waals surface area (Å²) in [5, 5.41) is 3.20. The lowest BCUT2D eigenvalue weighted by Crippen LogP contribution is -2.31. The average Bonchev–Trinajstić information content (AvgIpc) is 2.84. The number of halogens is 1. The number of nitrogen functional groups attached to an aromatic ring is 1. The SMILES string of the molecule is CN=Cc1cc(-c2cc3c(n(-c4ccc(OC(S)S)cc4)c2=O)NC(OCCF)C=C3)ccc1N. The lowest BCUT2D eigenvalue weighted by atomic mass is 10.0. The Bertz CT molecular complexity index is 1320. The van der Waals surface area contributed by atoms with Crippen molar-refractivity contribution in [3.8, 4) is 22.6 Å². The number of nitrogens with zero attached hydrogens (tertiary/aromatic N) is 2. The number of aromatic nitrogens is 1. The van der Waals surface area contributed by atoms with Crippen molar-refractivity contribution in [2.24, 2.45) is 4.99 Å². The molecule has 3 aromatic rings. The highest BCUT2D eigenvalue weighted by Gasteiger charge is 2.22. The van der Waals surface area contributed by atoms with E-state index in [1.54, 1.807) is 60.3 Å². The van der Waals surface area contributed by atoms with Crippen LogP contribution in [0.15, 0.2) is 64.4 Å². The summed E-state index contributed by atoms with van der Waals surface area (Å²) in [7, 11) is 1.66. The van der Waals surface area contributed by atoms with E-state index in [0.717, 1.165) is 11.1 Å². The number of thiol groups is 2. The Kier molecular flexibility index (Phi) is 7.84. The minimum Gasteiger partial charge on any atom is -0.470 e. The zero-order valence-electron chi connectivity index (χ0n) is 18.9. The highest BCUT2D eigenvalue weighted by atomic mass is 32.2. The second-order valence-electron chi connectivity index (χ2n) is 7.66. The summed E-state index contributed by atoms with van der Waals surface area (Å²) in [6.45, 7) is -0.669. The van der Waals surface area contributed by atoms with E-state index < -0.39 is 17.7 Å². The fourth-order valence-corrected chi connectivity index (χ4v) is 4.04. The van der Waals surface area contributed by atoms with Crippen LogP contribution in [0.1, 0.15) is 11.1 Å². The molecule has 1 atom stereocenters. The monoisotopic (exact) mass is 512 g/mol. The van der Waals surface area contributed by atoms with Gasteiger partial charge in [-0.2, -0.15) is 0 Å². The summed E-state index contributed by atoms with van der Waals surface area (Å²) in [5.41, 5.74) is 9.66. The number of hydrogen-bond acceptors (Lipinski definition) is 8. The molecule has 0 bridgehead atoms. The molecule has 0 saturated carbocycles. The van der Waals surface area contributed by atoms with Crippen molar-refractivity contribution in [3.05, 3.63) is 76.1 Å². The average molecular weight is 513 g/mol. The van der Waals surface area contributed by atoms with E-state index in [1.165, 1.54) is 0 Å². The van der Waals surface area contributed by atoms with Crippen LogP contribution in [0.3, 0.4) is 0 Å². The molecule has 0 aliphatic carbocycles. The van der Waals surface area contributed by atoms with Crippen molar-refractivity contribution in [2.75, 3.05) is 31.4 Å². The summed E-state index contributed by atoms with van der Waals surface area (Å²) in [6, 6.07) is 14.2. The molecular formula is C25H25FN4O3S2. The molecule has 182 valence electrons. The van der Waals surface area contributed by atoms with Crippen molar-refractivity contribution in [1.29, 1.82) is 0 Å². The number of nitrogens with two attached hydrogens (primary N) is 1. The highest BCUT2D eigenvalue weighted by Crippen LogP contribution is 2.31. The Morgan fingerprint density at radius 3 is 2.69 bits per heavy atom. The first-order valence-electron chi connectivity index (χ1n) is 10.8. The van der Waals surface area contributed by atoms with Gasteiger partial charge in [0.15, 0.2) is 4.77 Å². The quantitative estimate of drug-likeness (QED) is 0.155. The number of alkyl halides is 1. The largest absolute Gasteiger partial charge is 0.470 e. The fourth-order valence-electron chi connectivity index (χ4n) is 3.80. The van der Waals surface area contributed by atoms with Gasteiger partial charge in [0.05, 0.1) is 12.3 Å². The van der Waals surface area contributed by atoms with Crippen LogP contribution in [-0.4, -0.2) is 42.1 Å². The Morgan fingerprint density at radius 2 is 2.00 bits per heavy atom. The van der Waals surface area contributed by atoms with Gasteiger partial charge >= 0.3 is 0 Å². The molecule has 4 rings (SSSR count). The maximum Gasteiger partial charge on any atom is 0.264 e. The number of benzene rings is 2. The first-order chi connectivity index (χ1) is 16.9. The van der Waals surface area contributed by atoms with Gasteiger partial charge in [-0.3, -0.25) is 14.4 Å².